The molecule has 2 amide bonds. The number of piperidine rings is 1. The van der Waals surface area contributed by atoms with Crippen LogP contribution in [0.25, 0.3) is 0 Å². The molecule has 1 aliphatic rings. The Labute approximate surface area is 158 Å². The van der Waals surface area contributed by atoms with E-state index in [0.717, 1.165) is 24.2 Å². The van der Waals surface area contributed by atoms with Crippen LogP contribution >= 0.6 is 0 Å². The van der Waals surface area contributed by atoms with Crippen LogP contribution in [0.1, 0.15) is 24.8 Å². The van der Waals surface area contributed by atoms with E-state index < -0.39 is 11.9 Å². The van der Waals surface area contributed by atoms with Crippen molar-refractivity contribution in [3.63, 3.8) is 0 Å². The van der Waals surface area contributed by atoms with Crippen molar-refractivity contribution in [2.24, 2.45) is 5.73 Å². The largest absolute Gasteiger partial charge is 0.489 e. The van der Waals surface area contributed by atoms with Crippen molar-refractivity contribution in [3.8, 4) is 11.5 Å². The van der Waals surface area contributed by atoms with E-state index in [2.05, 4.69) is 0 Å². The van der Waals surface area contributed by atoms with Gasteiger partial charge in [-0.2, -0.15) is 0 Å². The molecule has 1 heterocycles. The minimum Gasteiger partial charge on any atom is -0.489 e. The fourth-order valence-electron chi connectivity index (χ4n) is 3.13. The third kappa shape index (κ3) is 5.23. The molecule has 1 fully saturated rings. The minimum absolute atomic E-state index is 0.117. The van der Waals surface area contributed by atoms with Gasteiger partial charge in [0.15, 0.2) is 6.61 Å². The van der Waals surface area contributed by atoms with Crippen molar-refractivity contribution in [2.75, 3.05) is 13.2 Å². The van der Waals surface area contributed by atoms with Gasteiger partial charge in [0.05, 0.1) is 0 Å². The maximum atomic E-state index is 12.4. The molecular formula is C21H24N2O4. The van der Waals surface area contributed by atoms with Crippen LogP contribution in [0.5, 0.6) is 11.5 Å². The van der Waals surface area contributed by atoms with E-state index >= 15 is 0 Å². The van der Waals surface area contributed by atoms with Gasteiger partial charge in [0, 0.05) is 6.54 Å². The smallest absolute Gasteiger partial charge is 0.261 e. The van der Waals surface area contributed by atoms with Gasteiger partial charge in [0.2, 0.25) is 5.91 Å². The standard InChI is InChI=1S/C21H24N2O4/c22-21(25)19-8-4-5-13-23(19)20(24)15-27-18-11-9-17(10-12-18)26-14-16-6-2-1-3-7-16/h1-3,6-7,9-12,19H,4-5,8,13-15H2,(H2,22,25). The van der Waals surface area contributed by atoms with Gasteiger partial charge in [-0.3, -0.25) is 9.59 Å². The Kier molecular flexibility index (Phi) is 6.30. The Hall–Kier alpha value is -3.02. The van der Waals surface area contributed by atoms with Crippen LogP contribution in [0, 0.1) is 0 Å². The molecule has 0 aliphatic carbocycles. The average molecular weight is 368 g/mol. The Balaban J connectivity index is 1.49. The predicted molar refractivity (Wildman–Crippen MR) is 101 cm³/mol. The van der Waals surface area contributed by atoms with Gasteiger partial charge in [0.1, 0.15) is 24.1 Å². The molecule has 3 rings (SSSR count). The van der Waals surface area contributed by atoms with Gasteiger partial charge >= 0.3 is 0 Å². The maximum absolute atomic E-state index is 12.4. The molecule has 0 spiro atoms. The quantitative estimate of drug-likeness (QED) is 0.814. The highest BCUT2D eigenvalue weighted by molar-refractivity contribution is 5.87. The van der Waals surface area contributed by atoms with E-state index in [9.17, 15) is 9.59 Å². The molecule has 142 valence electrons. The first kappa shape index (κ1) is 18.8. The van der Waals surface area contributed by atoms with Gasteiger partial charge in [-0.1, -0.05) is 30.3 Å². The summed E-state index contributed by atoms with van der Waals surface area (Å²) in [6.45, 7) is 0.916. The van der Waals surface area contributed by atoms with Crippen LogP contribution in [0.4, 0.5) is 0 Å². The zero-order valence-corrected chi connectivity index (χ0v) is 15.2. The Morgan fingerprint density at radius 3 is 2.30 bits per heavy atom. The number of likely N-dealkylation sites (tertiary alicyclic amines) is 1. The number of nitrogens with two attached hydrogens (primary N) is 1. The summed E-state index contributed by atoms with van der Waals surface area (Å²) in [4.78, 5) is 25.4. The second kappa shape index (κ2) is 9.07. The van der Waals surface area contributed by atoms with Crippen molar-refractivity contribution in [2.45, 2.75) is 31.9 Å². The van der Waals surface area contributed by atoms with Gasteiger partial charge in [0.25, 0.3) is 5.91 Å². The zero-order chi connectivity index (χ0) is 19.1. The summed E-state index contributed by atoms with van der Waals surface area (Å²) in [5.74, 6) is 0.622. The number of primary amides is 1. The highest BCUT2D eigenvalue weighted by Gasteiger charge is 2.30. The summed E-state index contributed by atoms with van der Waals surface area (Å²) in [5, 5.41) is 0. The molecule has 6 heteroatoms. The second-order valence-electron chi connectivity index (χ2n) is 6.54. The van der Waals surface area contributed by atoms with Crippen LogP contribution < -0.4 is 15.2 Å². The molecular weight excluding hydrogens is 344 g/mol. The highest BCUT2D eigenvalue weighted by atomic mass is 16.5. The van der Waals surface area contributed by atoms with Gasteiger partial charge < -0.3 is 20.1 Å². The Morgan fingerprint density at radius 1 is 0.963 bits per heavy atom. The Bertz CT molecular complexity index is 762. The summed E-state index contributed by atoms with van der Waals surface area (Å²) in [6, 6.07) is 16.5. The number of hydrogen-bond donors (Lipinski definition) is 1. The third-order valence-electron chi connectivity index (χ3n) is 4.59. The molecule has 1 aliphatic heterocycles. The lowest BCUT2D eigenvalue weighted by molar-refractivity contribution is -0.142. The molecule has 0 saturated carbocycles. The van der Waals surface area contributed by atoms with E-state index in [1.165, 1.54) is 4.90 Å². The van der Waals surface area contributed by atoms with Crippen LogP contribution in [0.15, 0.2) is 54.6 Å². The Morgan fingerprint density at radius 2 is 1.63 bits per heavy atom. The lowest BCUT2D eigenvalue weighted by atomic mass is 10.0. The molecule has 0 bridgehead atoms. The predicted octanol–water partition coefficient (Wildman–Crippen LogP) is 2.51. The van der Waals surface area contributed by atoms with Crippen LogP contribution in [0.3, 0.4) is 0 Å². The van der Waals surface area contributed by atoms with Gasteiger partial charge in [-0.15, -0.1) is 0 Å². The molecule has 2 N–H and O–H groups in total. The fourth-order valence-corrected chi connectivity index (χ4v) is 3.13. The van der Waals surface area contributed by atoms with Gasteiger partial charge in [-0.05, 0) is 49.1 Å². The van der Waals surface area contributed by atoms with Crippen molar-refractivity contribution in [3.05, 3.63) is 60.2 Å². The van der Waals surface area contributed by atoms with Crippen molar-refractivity contribution >= 4 is 11.8 Å². The molecule has 2 aromatic rings. The first-order valence-electron chi connectivity index (χ1n) is 9.12. The summed E-state index contributed by atoms with van der Waals surface area (Å²) in [5.41, 5.74) is 6.49. The number of rotatable bonds is 7. The van der Waals surface area contributed by atoms with Crippen LogP contribution in [-0.2, 0) is 16.2 Å². The maximum Gasteiger partial charge on any atom is 0.261 e. The zero-order valence-electron chi connectivity index (χ0n) is 15.2. The lowest BCUT2D eigenvalue weighted by Crippen LogP contribution is -2.51. The molecule has 6 nitrogen and oxygen atoms in total. The fraction of sp³-hybridized carbons (Fsp3) is 0.333. The number of benzene rings is 2. The van der Waals surface area contributed by atoms with E-state index in [0.29, 0.717) is 25.3 Å². The van der Waals surface area contributed by atoms with E-state index in [-0.39, 0.29) is 12.5 Å². The lowest BCUT2D eigenvalue weighted by Gasteiger charge is -2.33. The minimum atomic E-state index is -0.524. The van der Waals surface area contributed by atoms with E-state index in [4.69, 9.17) is 15.2 Å². The molecule has 0 radical (unpaired) electrons. The molecule has 1 unspecified atom stereocenters. The highest BCUT2D eigenvalue weighted by Crippen LogP contribution is 2.20. The third-order valence-corrected chi connectivity index (χ3v) is 4.59. The molecule has 27 heavy (non-hydrogen) atoms. The first-order chi connectivity index (χ1) is 13.1. The second-order valence-corrected chi connectivity index (χ2v) is 6.54. The first-order valence-corrected chi connectivity index (χ1v) is 9.12. The summed E-state index contributed by atoms with van der Waals surface area (Å²) < 4.78 is 11.3. The number of hydrogen-bond acceptors (Lipinski definition) is 4. The molecule has 1 saturated heterocycles. The topological polar surface area (TPSA) is 81.9 Å². The monoisotopic (exact) mass is 368 g/mol. The molecule has 2 aromatic carbocycles. The number of amides is 2. The number of carbonyl (C=O) groups is 2. The summed E-state index contributed by atoms with van der Waals surface area (Å²) >= 11 is 0. The van der Waals surface area contributed by atoms with Crippen molar-refractivity contribution in [1.82, 2.24) is 4.90 Å². The van der Waals surface area contributed by atoms with Crippen LogP contribution in [-0.4, -0.2) is 35.9 Å². The summed E-state index contributed by atoms with van der Waals surface area (Å²) in [7, 11) is 0. The number of nitrogens with zero attached hydrogens (tertiary/aromatic N) is 1. The number of carbonyl (C=O) groups excluding carboxylic acids is 2. The SMILES string of the molecule is NC(=O)C1CCCCN1C(=O)COc1ccc(OCc2ccccc2)cc1. The van der Waals surface area contributed by atoms with Crippen LogP contribution in [0.2, 0.25) is 0 Å². The van der Waals surface area contributed by atoms with E-state index in [1.807, 2.05) is 30.3 Å². The molecule has 0 aromatic heterocycles. The molecule has 1 atom stereocenters. The summed E-state index contributed by atoms with van der Waals surface area (Å²) in [6.07, 6.45) is 2.40. The normalized spacial score (nSPS) is 16.6. The van der Waals surface area contributed by atoms with Crippen molar-refractivity contribution < 1.29 is 19.1 Å². The average Bonchev–Trinajstić information content (AvgIpc) is 2.72. The number of ether oxygens (including phenoxy) is 2. The van der Waals surface area contributed by atoms with Crippen molar-refractivity contribution in [1.29, 1.82) is 0 Å². The van der Waals surface area contributed by atoms with E-state index in [1.54, 1.807) is 24.3 Å². The van der Waals surface area contributed by atoms with Gasteiger partial charge in [-0.25, -0.2) is 0 Å².